The molecule has 0 aliphatic carbocycles. The largest absolute Gasteiger partial charge is 0.488 e. The van der Waals surface area contributed by atoms with Crippen molar-refractivity contribution in [3.8, 4) is 17.1 Å². The maximum atomic E-state index is 11.1. The van der Waals surface area contributed by atoms with Gasteiger partial charge < -0.3 is 9.15 Å². The summed E-state index contributed by atoms with van der Waals surface area (Å²) in [5.74, 6) is 1.39. The van der Waals surface area contributed by atoms with Crippen molar-refractivity contribution in [3.05, 3.63) is 52.4 Å². The third kappa shape index (κ3) is 1.24. The van der Waals surface area contributed by atoms with E-state index in [1.807, 2.05) is 24.3 Å². The lowest BCUT2D eigenvalue weighted by Crippen LogP contribution is -2.08. The van der Waals surface area contributed by atoms with E-state index < -0.39 is 0 Å². The van der Waals surface area contributed by atoms with Crippen LogP contribution < -0.4 is 10.4 Å². The highest BCUT2D eigenvalue weighted by molar-refractivity contribution is 5.69. The lowest BCUT2D eigenvalue weighted by Gasteiger charge is -2.18. The summed E-state index contributed by atoms with van der Waals surface area (Å²) in [7, 11) is 0. The van der Waals surface area contributed by atoms with Crippen LogP contribution >= 0.6 is 0 Å². The Morgan fingerprint density at radius 2 is 1.93 bits per heavy atom. The van der Waals surface area contributed by atoms with Crippen molar-refractivity contribution in [2.24, 2.45) is 0 Å². The highest BCUT2D eigenvalue weighted by Crippen LogP contribution is 2.35. The van der Waals surface area contributed by atoms with Crippen molar-refractivity contribution in [3.63, 3.8) is 0 Å². The molecule has 0 atom stereocenters. The molecule has 0 radical (unpaired) electrons. The zero-order valence-corrected chi connectivity index (χ0v) is 7.90. The monoisotopic (exact) mass is 200 g/mol. The Hall–Kier alpha value is -2.03. The quantitative estimate of drug-likeness (QED) is 0.654. The molecule has 3 heteroatoms. The molecule has 0 amide bonds. The minimum Gasteiger partial charge on any atom is -0.488 e. The SMILES string of the molecule is O=c1ccc2c(o1)-c1ccccc1OC2. The lowest BCUT2D eigenvalue weighted by atomic mass is 10.0. The fraction of sp³-hybridized carbons (Fsp3) is 0.0833. The van der Waals surface area contributed by atoms with E-state index in [9.17, 15) is 4.79 Å². The van der Waals surface area contributed by atoms with Gasteiger partial charge in [-0.05, 0) is 18.2 Å². The van der Waals surface area contributed by atoms with E-state index in [-0.39, 0.29) is 5.63 Å². The average Bonchev–Trinajstić information content (AvgIpc) is 2.29. The van der Waals surface area contributed by atoms with E-state index in [1.54, 1.807) is 6.07 Å². The molecular weight excluding hydrogens is 192 g/mol. The van der Waals surface area contributed by atoms with Crippen LogP contribution in [0.4, 0.5) is 0 Å². The predicted octanol–water partition coefficient (Wildman–Crippen LogP) is 2.20. The van der Waals surface area contributed by atoms with Gasteiger partial charge in [0.1, 0.15) is 18.1 Å². The number of hydrogen-bond acceptors (Lipinski definition) is 3. The standard InChI is InChI=1S/C12H8O3/c13-11-6-5-8-7-14-10-4-2-1-3-9(10)12(8)15-11/h1-6H,7H2. The van der Waals surface area contributed by atoms with Gasteiger partial charge in [-0.15, -0.1) is 0 Å². The summed E-state index contributed by atoms with van der Waals surface area (Å²) in [6.45, 7) is 0.454. The smallest absolute Gasteiger partial charge is 0.336 e. The van der Waals surface area contributed by atoms with Crippen LogP contribution in [0.1, 0.15) is 5.56 Å². The van der Waals surface area contributed by atoms with Crippen molar-refractivity contribution >= 4 is 0 Å². The first-order chi connectivity index (χ1) is 7.34. The summed E-state index contributed by atoms with van der Waals surface area (Å²) in [5.41, 5.74) is 1.43. The van der Waals surface area contributed by atoms with E-state index in [0.717, 1.165) is 16.9 Å². The predicted molar refractivity (Wildman–Crippen MR) is 54.7 cm³/mol. The van der Waals surface area contributed by atoms with Crippen LogP contribution in [0.3, 0.4) is 0 Å². The van der Waals surface area contributed by atoms with Crippen molar-refractivity contribution in [1.82, 2.24) is 0 Å². The molecule has 1 aromatic heterocycles. The van der Waals surface area contributed by atoms with Crippen LogP contribution in [0.25, 0.3) is 11.3 Å². The third-order valence-electron chi connectivity index (χ3n) is 2.43. The minimum atomic E-state index is -0.328. The molecule has 1 aliphatic rings. The van der Waals surface area contributed by atoms with Crippen LogP contribution in [-0.2, 0) is 6.61 Å². The van der Waals surface area contributed by atoms with Crippen LogP contribution in [0, 0.1) is 0 Å². The van der Waals surface area contributed by atoms with E-state index in [2.05, 4.69) is 0 Å². The van der Waals surface area contributed by atoms with Gasteiger partial charge in [0, 0.05) is 11.6 Å². The van der Waals surface area contributed by atoms with Crippen LogP contribution in [0.5, 0.6) is 5.75 Å². The zero-order chi connectivity index (χ0) is 10.3. The molecule has 0 fully saturated rings. The molecule has 15 heavy (non-hydrogen) atoms. The molecule has 1 aromatic carbocycles. The van der Waals surface area contributed by atoms with E-state index in [0.29, 0.717) is 12.4 Å². The van der Waals surface area contributed by atoms with Gasteiger partial charge in [0.25, 0.3) is 0 Å². The Morgan fingerprint density at radius 3 is 2.87 bits per heavy atom. The minimum absolute atomic E-state index is 0.328. The summed E-state index contributed by atoms with van der Waals surface area (Å²) < 4.78 is 10.7. The fourth-order valence-electron chi connectivity index (χ4n) is 1.72. The Balaban J connectivity index is 2.33. The molecule has 0 unspecified atom stereocenters. The molecule has 3 nitrogen and oxygen atoms in total. The molecule has 1 aliphatic heterocycles. The molecule has 0 saturated heterocycles. The molecule has 3 rings (SSSR count). The lowest BCUT2D eigenvalue weighted by molar-refractivity contribution is 0.293. The normalized spacial score (nSPS) is 12.5. The molecule has 0 saturated carbocycles. The first-order valence-corrected chi connectivity index (χ1v) is 4.70. The number of rotatable bonds is 0. The number of hydrogen-bond donors (Lipinski definition) is 0. The van der Waals surface area contributed by atoms with Gasteiger partial charge in [-0.3, -0.25) is 0 Å². The van der Waals surface area contributed by atoms with E-state index >= 15 is 0 Å². The van der Waals surface area contributed by atoms with E-state index in [1.165, 1.54) is 6.07 Å². The topological polar surface area (TPSA) is 39.4 Å². The second-order valence-electron chi connectivity index (χ2n) is 3.39. The van der Waals surface area contributed by atoms with Gasteiger partial charge >= 0.3 is 5.63 Å². The average molecular weight is 200 g/mol. The van der Waals surface area contributed by atoms with Crippen LogP contribution in [-0.4, -0.2) is 0 Å². The molecule has 0 bridgehead atoms. The molecule has 2 heterocycles. The van der Waals surface area contributed by atoms with Gasteiger partial charge in [0.05, 0.1) is 5.56 Å². The number of fused-ring (bicyclic) bond motifs is 3. The molecule has 2 aromatic rings. The van der Waals surface area contributed by atoms with Crippen LogP contribution in [0.2, 0.25) is 0 Å². The summed E-state index contributed by atoms with van der Waals surface area (Å²) in [6, 6.07) is 10.7. The summed E-state index contributed by atoms with van der Waals surface area (Å²) in [5, 5.41) is 0. The van der Waals surface area contributed by atoms with Gasteiger partial charge in [-0.2, -0.15) is 0 Å². The van der Waals surface area contributed by atoms with Crippen molar-refractivity contribution in [2.45, 2.75) is 6.61 Å². The Kier molecular flexibility index (Phi) is 1.65. The Labute approximate surface area is 85.9 Å². The van der Waals surface area contributed by atoms with Crippen LogP contribution in [0.15, 0.2) is 45.6 Å². The van der Waals surface area contributed by atoms with Gasteiger partial charge in [0.15, 0.2) is 0 Å². The Morgan fingerprint density at radius 1 is 1.07 bits per heavy atom. The third-order valence-corrected chi connectivity index (χ3v) is 2.43. The summed E-state index contributed by atoms with van der Waals surface area (Å²) in [4.78, 5) is 11.1. The van der Waals surface area contributed by atoms with Gasteiger partial charge in [-0.25, -0.2) is 4.79 Å². The zero-order valence-electron chi connectivity index (χ0n) is 7.90. The number of ether oxygens (including phenoxy) is 1. The number of benzene rings is 1. The van der Waals surface area contributed by atoms with Gasteiger partial charge in [-0.1, -0.05) is 12.1 Å². The van der Waals surface area contributed by atoms with Gasteiger partial charge in [0.2, 0.25) is 0 Å². The number of para-hydroxylation sites is 1. The summed E-state index contributed by atoms with van der Waals surface area (Å²) >= 11 is 0. The first-order valence-electron chi connectivity index (χ1n) is 4.70. The molecular formula is C12H8O3. The van der Waals surface area contributed by atoms with E-state index in [4.69, 9.17) is 9.15 Å². The second-order valence-corrected chi connectivity index (χ2v) is 3.39. The second kappa shape index (κ2) is 2.98. The van der Waals surface area contributed by atoms with Crippen molar-refractivity contribution < 1.29 is 9.15 Å². The first kappa shape index (κ1) is 8.29. The highest BCUT2D eigenvalue weighted by atomic mass is 16.5. The highest BCUT2D eigenvalue weighted by Gasteiger charge is 2.18. The van der Waals surface area contributed by atoms with Crippen molar-refractivity contribution in [1.29, 1.82) is 0 Å². The maximum Gasteiger partial charge on any atom is 0.336 e. The molecule has 0 N–H and O–H groups in total. The fourth-order valence-corrected chi connectivity index (χ4v) is 1.72. The molecule has 74 valence electrons. The Bertz CT molecular complexity index is 569. The summed E-state index contributed by atoms with van der Waals surface area (Å²) in [6.07, 6.45) is 0. The van der Waals surface area contributed by atoms with Crippen molar-refractivity contribution in [2.75, 3.05) is 0 Å². The molecule has 0 spiro atoms. The maximum absolute atomic E-state index is 11.1.